The molecule has 6 rings (SSSR count). The Morgan fingerprint density at radius 2 is 1.69 bits per heavy atom. The third kappa shape index (κ3) is 8.22. The second-order valence-corrected chi connectivity index (χ2v) is 14.5. The number of halogens is 4. The van der Waals surface area contributed by atoms with Crippen LogP contribution in [0, 0.1) is 5.92 Å². The molecule has 2 aromatic carbocycles. The van der Waals surface area contributed by atoms with Gasteiger partial charge in [0.15, 0.2) is 0 Å². The molecule has 2 aliphatic rings. The maximum absolute atomic E-state index is 14.4. The van der Waals surface area contributed by atoms with Crippen molar-refractivity contribution in [3.63, 3.8) is 0 Å². The molecule has 0 aliphatic heterocycles. The van der Waals surface area contributed by atoms with Crippen molar-refractivity contribution >= 4 is 17.6 Å². The van der Waals surface area contributed by atoms with E-state index in [1.807, 2.05) is 55.5 Å². The Balaban J connectivity index is 1.24. The van der Waals surface area contributed by atoms with E-state index < -0.39 is 23.3 Å². The van der Waals surface area contributed by atoms with E-state index in [4.69, 9.17) is 31.2 Å². The van der Waals surface area contributed by atoms with Gasteiger partial charge < -0.3 is 25.0 Å². The fourth-order valence-electron chi connectivity index (χ4n) is 7.81. The second-order valence-electron chi connectivity index (χ2n) is 14.1. The van der Waals surface area contributed by atoms with Crippen LogP contribution in [0.3, 0.4) is 0 Å². The minimum absolute atomic E-state index is 0.0667. The first kappa shape index (κ1) is 37.6. The minimum Gasteiger partial charge on any atom is -0.481 e. The molecular weight excluding hydrogens is 695 g/mol. The smallest absolute Gasteiger partial charge is 0.418 e. The predicted octanol–water partition coefficient (Wildman–Crippen LogP) is 8.43. The Kier molecular flexibility index (Phi) is 11.1. The average Bonchev–Trinajstić information content (AvgIpc) is 3.50. The zero-order valence-corrected chi connectivity index (χ0v) is 30.2. The van der Waals surface area contributed by atoms with Crippen molar-refractivity contribution in [3.05, 3.63) is 93.1 Å². The molecule has 2 aliphatic carbocycles. The number of aliphatic carboxylic acids is 1. The number of carboxylic acid groups (broad SMARTS) is 1. The van der Waals surface area contributed by atoms with E-state index in [0.29, 0.717) is 41.9 Å². The summed E-state index contributed by atoms with van der Waals surface area (Å²) in [7, 11) is 2.94. The van der Waals surface area contributed by atoms with Gasteiger partial charge in [0.2, 0.25) is 11.8 Å². The van der Waals surface area contributed by atoms with E-state index in [1.165, 1.54) is 7.11 Å². The molecule has 1 saturated carbocycles. The monoisotopic (exact) mass is 737 g/mol. The summed E-state index contributed by atoms with van der Waals surface area (Å²) in [5, 5.41) is 23.0. The van der Waals surface area contributed by atoms with Gasteiger partial charge in [-0.05, 0) is 99.1 Å². The van der Waals surface area contributed by atoms with Gasteiger partial charge in [0.05, 0.1) is 41.8 Å². The summed E-state index contributed by atoms with van der Waals surface area (Å²) in [5.41, 5.74) is 4.78. The van der Waals surface area contributed by atoms with Gasteiger partial charge in [-0.2, -0.15) is 13.2 Å². The van der Waals surface area contributed by atoms with Gasteiger partial charge >= 0.3 is 12.1 Å². The van der Waals surface area contributed by atoms with Crippen molar-refractivity contribution in [1.82, 2.24) is 15.3 Å². The number of aryl methyl sites for hydroxylation is 1. The molecule has 0 bridgehead atoms. The average molecular weight is 738 g/mol. The number of carboxylic acids is 1. The molecule has 8 nitrogen and oxygen atoms in total. The van der Waals surface area contributed by atoms with Crippen LogP contribution in [-0.2, 0) is 36.8 Å². The number of rotatable bonds is 14. The molecule has 276 valence electrons. The number of carbonyl (C=O) groups is 1. The number of alkyl halides is 3. The molecule has 1 fully saturated rings. The van der Waals surface area contributed by atoms with Crippen LogP contribution in [-0.4, -0.2) is 52.5 Å². The first-order chi connectivity index (χ1) is 24.8. The number of nitrogens with one attached hydrogen (secondary N) is 1. The second kappa shape index (κ2) is 15.4. The van der Waals surface area contributed by atoms with Gasteiger partial charge in [-0.15, -0.1) is 0 Å². The highest BCUT2D eigenvalue weighted by molar-refractivity contribution is 6.36. The zero-order chi connectivity index (χ0) is 37.2. The first-order valence-corrected chi connectivity index (χ1v) is 17.9. The summed E-state index contributed by atoms with van der Waals surface area (Å²) in [6, 6.07) is 16.6. The van der Waals surface area contributed by atoms with Gasteiger partial charge in [-0.3, -0.25) is 4.79 Å². The summed E-state index contributed by atoms with van der Waals surface area (Å²) in [4.78, 5) is 20.1. The maximum atomic E-state index is 14.4. The number of hydrogen-bond donors (Lipinski definition) is 3. The first-order valence-electron chi connectivity index (χ1n) is 17.5. The number of aromatic nitrogens is 2. The van der Waals surface area contributed by atoms with Crippen molar-refractivity contribution < 1.29 is 37.7 Å². The lowest BCUT2D eigenvalue weighted by Crippen LogP contribution is -2.44. The molecule has 0 unspecified atom stereocenters. The van der Waals surface area contributed by atoms with Gasteiger partial charge in [-0.1, -0.05) is 54.1 Å². The number of fused-ring (bicyclic) bond motifs is 1. The topological polar surface area (TPSA) is 114 Å². The SMILES string of the molecule is COc1nc(-c2cccc(-c3cccc4c3CC[C@@H]4Cc3nc(OC)c(CCCC(=O)O)cc3C(F)(F)F)c2Cl)ccc1CNCC1CC(C)(O)C1. The molecule has 12 heteroatoms. The fraction of sp³-hybridized carbons (Fsp3) is 0.425. The van der Waals surface area contributed by atoms with E-state index in [0.717, 1.165) is 58.8 Å². The molecule has 2 heterocycles. The quantitative estimate of drug-likeness (QED) is 0.118. The maximum Gasteiger partial charge on any atom is 0.418 e. The number of aliphatic hydroxyl groups is 1. The molecule has 4 aromatic rings. The lowest BCUT2D eigenvalue weighted by Gasteiger charge is -2.41. The third-order valence-electron chi connectivity index (χ3n) is 10.2. The summed E-state index contributed by atoms with van der Waals surface area (Å²) >= 11 is 7.12. The van der Waals surface area contributed by atoms with E-state index >= 15 is 0 Å². The van der Waals surface area contributed by atoms with Crippen LogP contribution in [0.25, 0.3) is 22.4 Å². The molecule has 3 N–H and O–H groups in total. The van der Waals surface area contributed by atoms with Crippen molar-refractivity contribution in [2.75, 3.05) is 20.8 Å². The van der Waals surface area contributed by atoms with Gasteiger partial charge in [0.1, 0.15) is 0 Å². The molecular formula is C40H43ClF3N3O5. The Hall–Kier alpha value is -4.19. The molecule has 0 saturated heterocycles. The normalized spacial score (nSPS) is 19.6. The van der Waals surface area contributed by atoms with Crippen molar-refractivity contribution in [2.45, 2.75) is 82.5 Å². The fourth-order valence-corrected chi connectivity index (χ4v) is 8.13. The highest BCUT2D eigenvalue weighted by Crippen LogP contribution is 2.45. The lowest BCUT2D eigenvalue weighted by molar-refractivity contribution is -0.139. The van der Waals surface area contributed by atoms with Crippen LogP contribution in [0.2, 0.25) is 5.02 Å². The number of benzene rings is 2. The predicted molar refractivity (Wildman–Crippen MR) is 193 cm³/mol. The van der Waals surface area contributed by atoms with E-state index in [2.05, 4.69) is 10.3 Å². The van der Waals surface area contributed by atoms with Crippen LogP contribution in [0.4, 0.5) is 13.2 Å². The number of methoxy groups -OCH3 is 2. The zero-order valence-electron chi connectivity index (χ0n) is 29.4. The van der Waals surface area contributed by atoms with Crippen molar-refractivity contribution in [3.8, 4) is 34.1 Å². The highest BCUT2D eigenvalue weighted by atomic mass is 35.5. The van der Waals surface area contributed by atoms with Crippen molar-refractivity contribution in [1.29, 1.82) is 0 Å². The van der Waals surface area contributed by atoms with E-state index in [-0.39, 0.29) is 48.7 Å². The number of ether oxygens (including phenoxy) is 2. The number of nitrogens with zero attached hydrogens (tertiary/aromatic N) is 2. The third-order valence-corrected chi connectivity index (χ3v) is 10.6. The highest BCUT2D eigenvalue weighted by Gasteiger charge is 2.38. The molecule has 0 radical (unpaired) electrons. The van der Waals surface area contributed by atoms with Crippen LogP contribution in [0.1, 0.15) is 78.5 Å². The summed E-state index contributed by atoms with van der Waals surface area (Å²) in [6.07, 6.45) is -1.59. The molecule has 1 atom stereocenters. The minimum atomic E-state index is -4.64. The summed E-state index contributed by atoms with van der Waals surface area (Å²) in [5.74, 6) is -0.206. The standard InChI is InChI=1S/C40H43ClF3N3O5/c1-39(50)19-23(20-39)21-45-22-26-14-16-33(46-38(26)52-3)31-11-6-10-30(36(31)41)28-9-5-8-27-24(13-15-29(27)28)18-34-32(40(42,43)44)17-25(37(47-34)51-2)7-4-12-35(48)49/h5-6,8-11,14,16-17,23-24,45,50H,4,7,12-13,15,18-22H2,1-3H3,(H,48,49)/t23?,24-,39?/m1/s1. The molecule has 2 aromatic heterocycles. The van der Waals surface area contributed by atoms with Crippen LogP contribution >= 0.6 is 11.6 Å². The Bertz CT molecular complexity index is 1940. The van der Waals surface area contributed by atoms with E-state index in [1.54, 1.807) is 7.11 Å². The van der Waals surface area contributed by atoms with Crippen molar-refractivity contribution in [2.24, 2.45) is 5.92 Å². The number of hydrogen-bond acceptors (Lipinski definition) is 7. The Morgan fingerprint density at radius 3 is 2.38 bits per heavy atom. The largest absolute Gasteiger partial charge is 0.481 e. The van der Waals surface area contributed by atoms with Gasteiger partial charge in [-0.25, -0.2) is 9.97 Å². The summed E-state index contributed by atoms with van der Waals surface area (Å²) < 4.78 is 54.1. The Labute approximate surface area is 306 Å². The Morgan fingerprint density at radius 1 is 1.00 bits per heavy atom. The molecule has 52 heavy (non-hydrogen) atoms. The van der Waals surface area contributed by atoms with E-state index in [9.17, 15) is 23.1 Å². The van der Waals surface area contributed by atoms with Crippen LogP contribution < -0.4 is 14.8 Å². The lowest BCUT2D eigenvalue weighted by atomic mass is 9.72. The molecule has 0 spiro atoms. The molecule has 0 amide bonds. The summed E-state index contributed by atoms with van der Waals surface area (Å²) in [6.45, 7) is 3.23. The van der Waals surface area contributed by atoms with Gasteiger partial charge in [0, 0.05) is 35.2 Å². The number of pyridine rings is 2. The van der Waals surface area contributed by atoms with Crippen LogP contribution in [0.5, 0.6) is 11.8 Å². The van der Waals surface area contributed by atoms with Crippen LogP contribution in [0.15, 0.2) is 54.6 Å². The van der Waals surface area contributed by atoms with Gasteiger partial charge in [0.25, 0.3) is 0 Å².